The molecule has 0 aliphatic carbocycles. The molecule has 0 atom stereocenters. The Bertz CT molecular complexity index is 756. The van der Waals surface area contributed by atoms with Crippen molar-refractivity contribution in [2.45, 2.75) is 45.3 Å². The number of rotatable bonds is 8. The van der Waals surface area contributed by atoms with Gasteiger partial charge in [-0.15, -0.1) is 0 Å². The zero-order chi connectivity index (χ0) is 17.5. The molecule has 5 nitrogen and oxygen atoms in total. The number of amides is 1. The number of fused-ring (bicyclic) bond motifs is 1. The van der Waals surface area contributed by atoms with Crippen LogP contribution in [0.15, 0.2) is 34.2 Å². The first kappa shape index (κ1) is 18.5. The second kappa shape index (κ2) is 8.87. The molecular weight excluding hydrogens is 322 g/mol. The molecule has 24 heavy (non-hydrogen) atoms. The van der Waals surface area contributed by atoms with Gasteiger partial charge in [0, 0.05) is 13.1 Å². The maximum Gasteiger partial charge on any atom is 0.262 e. The molecule has 0 saturated carbocycles. The van der Waals surface area contributed by atoms with Gasteiger partial charge in [-0.25, -0.2) is 4.98 Å². The average molecular weight is 347 g/mol. The molecule has 6 heteroatoms. The van der Waals surface area contributed by atoms with E-state index in [0.29, 0.717) is 35.1 Å². The third-order valence-corrected chi connectivity index (χ3v) is 4.64. The highest BCUT2D eigenvalue weighted by molar-refractivity contribution is 7.99. The monoisotopic (exact) mass is 347 g/mol. The first-order valence-corrected chi connectivity index (χ1v) is 9.40. The number of thioether (sulfide) groups is 1. The van der Waals surface area contributed by atoms with Crippen LogP contribution in [0.25, 0.3) is 10.9 Å². The summed E-state index contributed by atoms with van der Waals surface area (Å²) in [7, 11) is 0. The van der Waals surface area contributed by atoms with E-state index >= 15 is 0 Å². The van der Waals surface area contributed by atoms with Crippen molar-refractivity contribution in [3.8, 4) is 0 Å². The van der Waals surface area contributed by atoms with Gasteiger partial charge in [0.25, 0.3) is 5.56 Å². The Hall–Kier alpha value is -1.82. The van der Waals surface area contributed by atoms with Gasteiger partial charge in [-0.2, -0.15) is 0 Å². The molecule has 0 spiro atoms. The van der Waals surface area contributed by atoms with Gasteiger partial charge in [0.05, 0.1) is 16.7 Å². The maximum absolute atomic E-state index is 12.8. The molecule has 0 aliphatic heterocycles. The summed E-state index contributed by atoms with van der Waals surface area (Å²) in [6.07, 6.45) is 1.80. The molecule has 1 amide bonds. The Morgan fingerprint density at radius 2 is 2.08 bits per heavy atom. The second-order valence-electron chi connectivity index (χ2n) is 6.19. The van der Waals surface area contributed by atoms with Gasteiger partial charge in [0.1, 0.15) is 0 Å². The van der Waals surface area contributed by atoms with Crippen LogP contribution in [0.5, 0.6) is 0 Å². The molecule has 2 rings (SSSR count). The van der Waals surface area contributed by atoms with Crippen LogP contribution in [0.1, 0.15) is 33.6 Å². The molecule has 0 bridgehead atoms. The van der Waals surface area contributed by atoms with Crippen molar-refractivity contribution in [3.63, 3.8) is 0 Å². The van der Waals surface area contributed by atoms with E-state index in [1.54, 1.807) is 10.6 Å². The molecular formula is C18H25N3O2S. The van der Waals surface area contributed by atoms with Crippen molar-refractivity contribution >= 4 is 28.6 Å². The van der Waals surface area contributed by atoms with E-state index in [-0.39, 0.29) is 17.2 Å². The molecule has 0 fully saturated rings. The summed E-state index contributed by atoms with van der Waals surface area (Å²) >= 11 is 1.33. The van der Waals surface area contributed by atoms with Gasteiger partial charge in [-0.05, 0) is 30.9 Å². The van der Waals surface area contributed by atoms with Crippen molar-refractivity contribution in [2.24, 2.45) is 5.92 Å². The normalized spacial score (nSPS) is 11.2. The van der Waals surface area contributed by atoms with Crippen LogP contribution in [0.2, 0.25) is 0 Å². The highest BCUT2D eigenvalue weighted by atomic mass is 32.2. The van der Waals surface area contributed by atoms with Crippen LogP contribution in [0, 0.1) is 5.92 Å². The predicted molar refractivity (Wildman–Crippen MR) is 99.5 cm³/mol. The first-order valence-electron chi connectivity index (χ1n) is 8.42. The summed E-state index contributed by atoms with van der Waals surface area (Å²) in [6, 6.07) is 7.36. The van der Waals surface area contributed by atoms with Crippen LogP contribution in [-0.2, 0) is 11.3 Å². The van der Waals surface area contributed by atoms with Gasteiger partial charge in [0.15, 0.2) is 5.16 Å². The van der Waals surface area contributed by atoms with Gasteiger partial charge in [0.2, 0.25) is 5.91 Å². The van der Waals surface area contributed by atoms with Crippen LogP contribution in [0.4, 0.5) is 0 Å². The fourth-order valence-corrected chi connectivity index (χ4v) is 3.14. The van der Waals surface area contributed by atoms with Crippen molar-refractivity contribution in [2.75, 3.05) is 12.3 Å². The molecule has 0 radical (unpaired) electrons. The first-order chi connectivity index (χ1) is 11.5. The van der Waals surface area contributed by atoms with E-state index in [0.717, 1.165) is 12.8 Å². The van der Waals surface area contributed by atoms with E-state index < -0.39 is 0 Å². The minimum absolute atomic E-state index is 0.0281. The topological polar surface area (TPSA) is 64.0 Å². The number of benzene rings is 1. The fourth-order valence-electron chi connectivity index (χ4n) is 2.29. The van der Waals surface area contributed by atoms with Gasteiger partial charge >= 0.3 is 0 Å². The number of hydrogen-bond donors (Lipinski definition) is 1. The molecule has 1 heterocycles. The lowest BCUT2D eigenvalue weighted by atomic mass is 10.1. The highest BCUT2D eigenvalue weighted by Gasteiger charge is 2.13. The summed E-state index contributed by atoms with van der Waals surface area (Å²) in [5.74, 6) is 0.737. The number of nitrogens with one attached hydrogen (secondary N) is 1. The molecule has 1 aromatic carbocycles. The van der Waals surface area contributed by atoms with Crippen LogP contribution < -0.4 is 10.9 Å². The molecule has 1 N–H and O–H groups in total. The molecule has 0 aliphatic rings. The Morgan fingerprint density at radius 3 is 2.79 bits per heavy atom. The van der Waals surface area contributed by atoms with E-state index in [2.05, 4.69) is 24.1 Å². The van der Waals surface area contributed by atoms with E-state index in [1.165, 1.54) is 11.8 Å². The summed E-state index contributed by atoms with van der Waals surface area (Å²) in [5, 5.41) is 4.09. The zero-order valence-corrected chi connectivity index (χ0v) is 15.4. The summed E-state index contributed by atoms with van der Waals surface area (Å²) in [6.45, 7) is 7.56. The highest BCUT2D eigenvalue weighted by Crippen LogP contribution is 2.18. The van der Waals surface area contributed by atoms with Gasteiger partial charge < -0.3 is 5.32 Å². The predicted octanol–water partition coefficient (Wildman–Crippen LogP) is 3.06. The third kappa shape index (κ3) is 4.84. The lowest BCUT2D eigenvalue weighted by molar-refractivity contribution is -0.118. The van der Waals surface area contributed by atoms with Crippen molar-refractivity contribution in [1.82, 2.24) is 14.9 Å². The van der Waals surface area contributed by atoms with Gasteiger partial charge in [-0.1, -0.05) is 44.7 Å². The number of para-hydroxylation sites is 1. The van der Waals surface area contributed by atoms with Crippen LogP contribution >= 0.6 is 11.8 Å². The van der Waals surface area contributed by atoms with E-state index in [9.17, 15) is 9.59 Å². The molecule has 0 unspecified atom stereocenters. The quantitative estimate of drug-likeness (QED) is 0.589. The lowest BCUT2D eigenvalue weighted by Gasteiger charge is -2.14. The number of carbonyl (C=O) groups excluding carboxylic acids is 1. The minimum atomic E-state index is -0.0299. The van der Waals surface area contributed by atoms with Crippen molar-refractivity contribution < 1.29 is 4.79 Å². The molecule has 1 aromatic heterocycles. The standard InChI is InChI=1S/C18H25N3O2S/c1-4-10-19-16(22)12-24-18-20-15-8-6-5-7-14(15)17(23)21(18)11-9-13(2)3/h5-8,13H,4,9-12H2,1-3H3,(H,19,22). The Kier molecular flexibility index (Phi) is 6.85. The van der Waals surface area contributed by atoms with Crippen molar-refractivity contribution in [1.29, 1.82) is 0 Å². The van der Waals surface area contributed by atoms with Crippen molar-refractivity contribution in [3.05, 3.63) is 34.6 Å². The SMILES string of the molecule is CCCNC(=O)CSc1nc2ccccc2c(=O)n1CCC(C)C. The zero-order valence-electron chi connectivity index (χ0n) is 14.5. The number of carbonyl (C=O) groups is 1. The van der Waals surface area contributed by atoms with Crippen LogP contribution in [0.3, 0.4) is 0 Å². The summed E-state index contributed by atoms with van der Waals surface area (Å²) in [5.41, 5.74) is 0.650. The molecule has 2 aromatic rings. The smallest absolute Gasteiger partial charge is 0.262 e. The Balaban J connectivity index is 2.29. The maximum atomic E-state index is 12.8. The second-order valence-corrected chi connectivity index (χ2v) is 7.13. The Morgan fingerprint density at radius 1 is 1.33 bits per heavy atom. The average Bonchev–Trinajstić information content (AvgIpc) is 2.57. The fraction of sp³-hybridized carbons (Fsp3) is 0.500. The van der Waals surface area contributed by atoms with Crippen LogP contribution in [-0.4, -0.2) is 27.8 Å². The number of hydrogen-bond acceptors (Lipinski definition) is 4. The van der Waals surface area contributed by atoms with Gasteiger partial charge in [-0.3, -0.25) is 14.2 Å². The summed E-state index contributed by atoms with van der Waals surface area (Å²) < 4.78 is 1.71. The third-order valence-electron chi connectivity index (χ3n) is 3.66. The molecule has 0 saturated heterocycles. The van der Waals surface area contributed by atoms with E-state index in [4.69, 9.17) is 0 Å². The lowest BCUT2D eigenvalue weighted by Crippen LogP contribution is -2.27. The van der Waals surface area contributed by atoms with E-state index in [1.807, 2.05) is 25.1 Å². The minimum Gasteiger partial charge on any atom is -0.355 e. The Labute approximate surface area is 146 Å². The summed E-state index contributed by atoms with van der Waals surface area (Å²) in [4.78, 5) is 29.3. The number of nitrogens with zero attached hydrogens (tertiary/aromatic N) is 2. The largest absolute Gasteiger partial charge is 0.355 e. The number of aromatic nitrogens is 2. The molecule has 130 valence electrons.